The summed E-state index contributed by atoms with van der Waals surface area (Å²) in [6.07, 6.45) is 6.18. The van der Waals surface area contributed by atoms with Gasteiger partial charge in [0.2, 0.25) is 0 Å². The van der Waals surface area contributed by atoms with Crippen molar-refractivity contribution in [2.45, 2.75) is 18.3 Å². The number of allylic oxidation sites excluding steroid dienone is 4. The van der Waals surface area contributed by atoms with Gasteiger partial charge >= 0.3 is 0 Å². The molecule has 0 saturated heterocycles. The van der Waals surface area contributed by atoms with Crippen LogP contribution in [0, 0.1) is 0 Å². The number of nitrogens with zero attached hydrogens (tertiary/aromatic N) is 3. The molecule has 1 aliphatic heterocycles. The highest BCUT2D eigenvalue weighted by atomic mass is 16.5. The first kappa shape index (κ1) is 31.9. The molecule has 2 aromatic heterocycles. The van der Waals surface area contributed by atoms with Crippen LogP contribution in [-0.4, -0.2) is 15.0 Å². The largest absolute Gasteiger partial charge is 0.457 e. The summed E-state index contributed by atoms with van der Waals surface area (Å²) in [6.45, 7) is 0. The number of ether oxygens (including phenoxy) is 1. The van der Waals surface area contributed by atoms with Crippen LogP contribution in [0.5, 0.6) is 11.5 Å². The van der Waals surface area contributed by atoms with Crippen LogP contribution < -0.4 is 4.74 Å². The molecule has 268 valence electrons. The quantitative estimate of drug-likeness (QED) is 0.180. The Morgan fingerprint density at radius 2 is 1.09 bits per heavy atom. The second-order valence-corrected chi connectivity index (χ2v) is 15.0. The molecule has 0 unspecified atom stereocenters. The lowest BCUT2D eigenvalue weighted by atomic mass is 9.65. The van der Waals surface area contributed by atoms with Crippen molar-refractivity contribution in [3.05, 3.63) is 210 Å². The van der Waals surface area contributed by atoms with E-state index in [9.17, 15) is 0 Å². The Kier molecular flexibility index (Phi) is 6.90. The van der Waals surface area contributed by atoms with E-state index in [1.54, 1.807) is 0 Å². The van der Waals surface area contributed by atoms with Crippen molar-refractivity contribution in [2.24, 2.45) is 0 Å². The zero-order chi connectivity index (χ0) is 37.5. The van der Waals surface area contributed by atoms with Crippen LogP contribution in [0.3, 0.4) is 0 Å². The Labute approximate surface area is 329 Å². The van der Waals surface area contributed by atoms with Crippen LogP contribution in [0.2, 0.25) is 0 Å². The lowest BCUT2D eigenvalue weighted by Crippen LogP contribution is -2.32. The van der Waals surface area contributed by atoms with Crippen molar-refractivity contribution in [1.29, 1.82) is 0 Å². The molecule has 0 amide bonds. The average Bonchev–Trinajstić information content (AvgIpc) is 3.80. The fourth-order valence-corrected chi connectivity index (χ4v) is 9.42. The number of fused-ring (bicyclic) bond motifs is 12. The first-order valence-electron chi connectivity index (χ1n) is 19.5. The van der Waals surface area contributed by atoms with Gasteiger partial charge in [-0.15, -0.1) is 0 Å². The Morgan fingerprint density at radius 1 is 0.456 bits per heavy atom. The third kappa shape index (κ3) is 4.72. The molecule has 9 aromatic rings. The first-order chi connectivity index (χ1) is 28.2. The fraction of sp³-hybridized carbons (Fsp3) is 0.0577. The van der Waals surface area contributed by atoms with E-state index in [1.807, 2.05) is 42.5 Å². The Balaban J connectivity index is 1.07. The van der Waals surface area contributed by atoms with Gasteiger partial charge in [0.15, 0.2) is 17.5 Å². The molecule has 0 radical (unpaired) electrons. The van der Waals surface area contributed by atoms with Crippen molar-refractivity contribution in [2.75, 3.05) is 0 Å². The van der Waals surface area contributed by atoms with Crippen LogP contribution in [0.15, 0.2) is 180 Å². The Morgan fingerprint density at radius 3 is 1.91 bits per heavy atom. The van der Waals surface area contributed by atoms with Gasteiger partial charge in [-0.2, -0.15) is 0 Å². The van der Waals surface area contributed by atoms with E-state index in [2.05, 4.69) is 133 Å². The van der Waals surface area contributed by atoms with E-state index in [0.29, 0.717) is 17.5 Å². The molecule has 0 fully saturated rings. The molecule has 5 nitrogen and oxygen atoms in total. The van der Waals surface area contributed by atoms with E-state index < -0.39 is 5.41 Å². The number of hydrogen-bond acceptors (Lipinski definition) is 5. The molecule has 12 rings (SSSR count). The maximum atomic E-state index is 6.76. The Hall–Kier alpha value is -7.37. The predicted molar refractivity (Wildman–Crippen MR) is 227 cm³/mol. The summed E-state index contributed by atoms with van der Waals surface area (Å²) in [5.41, 5.74) is 13.6. The molecule has 5 heteroatoms. The van der Waals surface area contributed by atoms with Crippen molar-refractivity contribution in [3.8, 4) is 45.4 Å². The normalized spacial score (nSPS) is 14.7. The number of furan rings is 1. The zero-order valence-electron chi connectivity index (χ0n) is 30.8. The standard InChI is InChI=1S/C52H33N3O2/c1-2-14-32(15-3-1)49-53-50(34-26-28-39-38-19-8-12-24-45(38)56-48(39)31-34)55-51(54-49)40-20-5-4-16-35(40)33-27-29-47-44(30-33)52(43-23-11-13-25-46(43)57-47)41-21-9-6-17-36(41)37-18-7-10-22-42(37)52/h1-3,5-15,17-31H,4,16H2. The summed E-state index contributed by atoms with van der Waals surface area (Å²) in [7, 11) is 0. The van der Waals surface area contributed by atoms with Gasteiger partial charge in [-0.1, -0.05) is 140 Å². The van der Waals surface area contributed by atoms with Gasteiger partial charge < -0.3 is 9.15 Å². The van der Waals surface area contributed by atoms with Crippen molar-refractivity contribution in [1.82, 2.24) is 15.0 Å². The first-order valence-corrected chi connectivity index (χ1v) is 19.5. The minimum atomic E-state index is -0.547. The minimum absolute atomic E-state index is 0.547. The predicted octanol–water partition coefficient (Wildman–Crippen LogP) is 12.8. The van der Waals surface area contributed by atoms with Gasteiger partial charge in [0.1, 0.15) is 22.7 Å². The van der Waals surface area contributed by atoms with Crippen molar-refractivity contribution < 1.29 is 9.15 Å². The van der Waals surface area contributed by atoms with Gasteiger partial charge in [0.05, 0.1) is 5.41 Å². The highest BCUT2D eigenvalue weighted by Crippen LogP contribution is 2.62. The second kappa shape index (κ2) is 12.3. The van der Waals surface area contributed by atoms with Gasteiger partial charge in [-0.3, -0.25) is 0 Å². The molecule has 1 spiro atoms. The van der Waals surface area contributed by atoms with E-state index in [0.717, 1.165) is 79.7 Å². The summed E-state index contributed by atoms with van der Waals surface area (Å²) in [4.78, 5) is 15.5. The molecule has 57 heavy (non-hydrogen) atoms. The number of para-hydroxylation sites is 2. The SMILES string of the molecule is C1=CC(c2nc(-c3ccccc3)nc(-c3ccc4c(c3)oc3ccccc34)n2)=C(c2ccc3c(c2)C2(c4ccccc4O3)c3ccccc3-c3ccccc32)CC1. The Bertz CT molecular complexity index is 3130. The highest BCUT2D eigenvalue weighted by Gasteiger charge is 2.51. The maximum absolute atomic E-state index is 6.76. The minimum Gasteiger partial charge on any atom is -0.457 e. The molecule has 0 saturated carbocycles. The van der Waals surface area contributed by atoms with Gasteiger partial charge in [0.25, 0.3) is 0 Å². The van der Waals surface area contributed by atoms with E-state index in [-0.39, 0.29) is 0 Å². The highest BCUT2D eigenvalue weighted by molar-refractivity contribution is 6.06. The molecule has 3 heterocycles. The van der Waals surface area contributed by atoms with Crippen molar-refractivity contribution in [3.63, 3.8) is 0 Å². The van der Waals surface area contributed by atoms with Crippen LogP contribution in [0.4, 0.5) is 0 Å². The van der Waals surface area contributed by atoms with Crippen LogP contribution >= 0.6 is 0 Å². The fourth-order valence-electron chi connectivity index (χ4n) is 9.42. The van der Waals surface area contributed by atoms with E-state index >= 15 is 0 Å². The summed E-state index contributed by atoms with van der Waals surface area (Å²) in [6, 6.07) is 57.5. The third-order valence-electron chi connectivity index (χ3n) is 11.9. The van der Waals surface area contributed by atoms with Crippen LogP contribution in [0.25, 0.3) is 67.0 Å². The van der Waals surface area contributed by atoms with Gasteiger partial charge in [-0.05, 0) is 82.6 Å². The molecule has 0 atom stereocenters. The zero-order valence-corrected chi connectivity index (χ0v) is 30.8. The number of rotatable bonds is 4. The monoisotopic (exact) mass is 731 g/mol. The average molecular weight is 732 g/mol. The lowest BCUT2D eigenvalue weighted by molar-refractivity contribution is 0.436. The van der Waals surface area contributed by atoms with Crippen LogP contribution in [-0.2, 0) is 5.41 Å². The van der Waals surface area contributed by atoms with Crippen LogP contribution in [0.1, 0.15) is 46.5 Å². The topological polar surface area (TPSA) is 61.0 Å². The molecule has 3 aliphatic rings. The molecule has 2 aliphatic carbocycles. The van der Waals surface area contributed by atoms with E-state index in [1.165, 1.54) is 27.8 Å². The summed E-state index contributed by atoms with van der Waals surface area (Å²) >= 11 is 0. The second-order valence-electron chi connectivity index (χ2n) is 15.0. The summed E-state index contributed by atoms with van der Waals surface area (Å²) < 4.78 is 13.1. The molecule has 0 bridgehead atoms. The molecular formula is C52H33N3O2. The van der Waals surface area contributed by atoms with Gasteiger partial charge in [0, 0.05) is 38.6 Å². The number of aromatic nitrogens is 3. The summed E-state index contributed by atoms with van der Waals surface area (Å²) in [5, 5.41) is 2.16. The lowest BCUT2D eigenvalue weighted by Gasteiger charge is -2.39. The summed E-state index contributed by atoms with van der Waals surface area (Å²) in [5.74, 6) is 3.62. The maximum Gasteiger partial charge on any atom is 0.164 e. The molecular weight excluding hydrogens is 699 g/mol. The molecule has 0 N–H and O–H groups in total. The van der Waals surface area contributed by atoms with Gasteiger partial charge in [-0.25, -0.2) is 15.0 Å². The molecule has 7 aromatic carbocycles. The van der Waals surface area contributed by atoms with Crippen molar-refractivity contribution >= 4 is 33.1 Å². The smallest absolute Gasteiger partial charge is 0.164 e. The number of benzene rings is 7. The van der Waals surface area contributed by atoms with E-state index in [4.69, 9.17) is 24.1 Å². The number of hydrogen-bond donors (Lipinski definition) is 0. The third-order valence-corrected chi connectivity index (χ3v) is 11.9.